The van der Waals surface area contributed by atoms with Crippen LogP contribution in [-0.2, 0) is 10.1 Å². The average molecular weight is 475 g/mol. The molecule has 2 aliphatic rings. The SMILES string of the molecule is C[Si](C)(C)C1(C2([Si](C)(C)C)c3ccccc3-c3ccccc32)c2ccccc2-c2ccccc21. The lowest BCUT2D eigenvalue weighted by atomic mass is 9.75. The van der Waals surface area contributed by atoms with E-state index in [2.05, 4.69) is 136 Å². The maximum Gasteiger partial charge on any atom is 0.0625 e. The summed E-state index contributed by atoms with van der Waals surface area (Å²) in [5.74, 6) is 0. The van der Waals surface area contributed by atoms with Gasteiger partial charge in [0, 0.05) is 10.1 Å². The van der Waals surface area contributed by atoms with E-state index in [1.54, 1.807) is 22.3 Å². The molecule has 0 saturated carbocycles. The van der Waals surface area contributed by atoms with E-state index in [1.807, 2.05) is 0 Å². The largest absolute Gasteiger partial charge is 0.0685 e. The van der Waals surface area contributed by atoms with E-state index in [0.29, 0.717) is 0 Å². The maximum atomic E-state index is 2.62. The van der Waals surface area contributed by atoms with Crippen molar-refractivity contribution in [2.75, 3.05) is 0 Å². The summed E-state index contributed by atoms with van der Waals surface area (Å²) in [4.78, 5) is 0. The zero-order chi connectivity index (χ0) is 23.9. The van der Waals surface area contributed by atoms with Crippen molar-refractivity contribution in [2.24, 2.45) is 0 Å². The molecule has 0 radical (unpaired) electrons. The van der Waals surface area contributed by atoms with Crippen molar-refractivity contribution in [3.63, 3.8) is 0 Å². The first kappa shape index (κ1) is 21.8. The second-order valence-corrected chi connectivity index (χ2v) is 22.7. The van der Waals surface area contributed by atoms with Crippen molar-refractivity contribution in [2.45, 2.75) is 49.4 Å². The molecule has 2 aliphatic carbocycles. The molecule has 2 heteroatoms. The molecular formula is C32H34Si2. The minimum Gasteiger partial charge on any atom is -0.0685 e. The molecule has 0 aromatic heterocycles. The lowest BCUT2D eigenvalue weighted by Gasteiger charge is -2.61. The van der Waals surface area contributed by atoms with Gasteiger partial charge in [0.1, 0.15) is 0 Å². The number of hydrogen-bond acceptors (Lipinski definition) is 0. The van der Waals surface area contributed by atoms with Crippen LogP contribution in [-0.4, -0.2) is 16.1 Å². The fourth-order valence-electron chi connectivity index (χ4n) is 8.02. The first-order valence-corrected chi connectivity index (χ1v) is 19.6. The average Bonchev–Trinajstić information content (AvgIpc) is 3.28. The minimum absolute atomic E-state index is 0.0552. The van der Waals surface area contributed by atoms with Crippen molar-refractivity contribution in [3.8, 4) is 22.3 Å². The topological polar surface area (TPSA) is 0 Å². The zero-order valence-corrected chi connectivity index (χ0v) is 23.2. The van der Waals surface area contributed by atoms with Gasteiger partial charge in [-0.1, -0.05) is 136 Å². The normalized spacial score (nSPS) is 17.0. The van der Waals surface area contributed by atoms with Crippen LogP contribution in [0, 0.1) is 0 Å². The van der Waals surface area contributed by atoms with Crippen LogP contribution in [0.3, 0.4) is 0 Å². The van der Waals surface area contributed by atoms with Gasteiger partial charge in [-0.15, -0.1) is 0 Å². The molecule has 34 heavy (non-hydrogen) atoms. The molecule has 0 aliphatic heterocycles. The Kier molecular flexibility index (Phi) is 4.45. The van der Waals surface area contributed by atoms with Gasteiger partial charge in [-0.3, -0.25) is 0 Å². The molecule has 4 aromatic carbocycles. The van der Waals surface area contributed by atoms with E-state index in [0.717, 1.165) is 0 Å². The fourth-order valence-corrected chi connectivity index (χ4v) is 17.2. The third-order valence-electron chi connectivity index (χ3n) is 8.72. The Morgan fingerprint density at radius 2 is 0.559 bits per heavy atom. The van der Waals surface area contributed by atoms with E-state index in [4.69, 9.17) is 0 Å². The smallest absolute Gasteiger partial charge is 0.0625 e. The van der Waals surface area contributed by atoms with Crippen molar-refractivity contribution in [3.05, 3.63) is 119 Å². The van der Waals surface area contributed by atoms with Gasteiger partial charge in [0.05, 0.1) is 16.1 Å². The van der Waals surface area contributed by atoms with Gasteiger partial charge in [0.25, 0.3) is 0 Å². The minimum atomic E-state index is -1.93. The Hall–Kier alpha value is -2.69. The summed E-state index contributed by atoms with van der Waals surface area (Å²) in [6.45, 7) is 15.7. The Morgan fingerprint density at radius 1 is 0.353 bits per heavy atom. The van der Waals surface area contributed by atoms with Crippen molar-refractivity contribution < 1.29 is 0 Å². The standard InChI is InChI=1S/C32H34Si2/c1-33(2,3)31(27-19-11-7-15-23(27)24-16-8-12-20-28(24)31)32(34(4,5)6)29-21-13-9-17-25(29)26-18-10-14-22-30(26)32/h7-22H,1-6H3. The third kappa shape index (κ3) is 2.34. The van der Waals surface area contributed by atoms with Crippen LogP contribution < -0.4 is 0 Å². The molecule has 0 N–H and O–H groups in total. The summed E-state index contributed by atoms with van der Waals surface area (Å²) in [5.41, 5.74) is 12.0. The molecule has 0 amide bonds. The first-order chi connectivity index (χ1) is 16.2. The molecule has 0 spiro atoms. The van der Waals surface area contributed by atoms with E-state index in [1.165, 1.54) is 22.3 Å². The maximum absolute atomic E-state index is 2.62. The Balaban J connectivity index is 1.94. The summed E-state index contributed by atoms with van der Waals surface area (Å²) >= 11 is 0. The predicted molar refractivity (Wildman–Crippen MR) is 152 cm³/mol. The lowest BCUT2D eigenvalue weighted by molar-refractivity contribution is 0.533. The quantitative estimate of drug-likeness (QED) is 0.261. The molecule has 0 atom stereocenters. The van der Waals surface area contributed by atoms with Crippen LogP contribution in [0.2, 0.25) is 39.3 Å². The number of rotatable bonds is 3. The van der Waals surface area contributed by atoms with Gasteiger partial charge < -0.3 is 0 Å². The van der Waals surface area contributed by atoms with Gasteiger partial charge in [-0.25, -0.2) is 0 Å². The van der Waals surface area contributed by atoms with Gasteiger partial charge >= 0.3 is 0 Å². The summed E-state index contributed by atoms with van der Waals surface area (Å²) in [5, 5.41) is -0.110. The van der Waals surface area contributed by atoms with Crippen molar-refractivity contribution in [1.29, 1.82) is 0 Å². The summed E-state index contributed by atoms with van der Waals surface area (Å²) in [6, 6.07) is 37.4. The number of fused-ring (bicyclic) bond motifs is 6. The van der Waals surface area contributed by atoms with Gasteiger partial charge in [0.2, 0.25) is 0 Å². The van der Waals surface area contributed by atoms with Gasteiger partial charge in [-0.2, -0.15) is 0 Å². The fraction of sp³-hybridized carbons (Fsp3) is 0.250. The Labute approximate surface area is 206 Å². The highest BCUT2D eigenvalue weighted by Gasteiger charge is 2.70. The Bertz CT molecular complexity index is 1230. The highest BCUT2D eigenvalue weighted by molar-refractivity contribution is 6.87. The lowest BCUT2D eigenvalue weighted by Crippen LogP contribution is -2.70. The van der Waals surface area contributed by atoms with Crippen molar-refractivity contribution in [1.82, 2.24) is 0 Å². The van der Waals surface area contributed by atoms with Crippen LogP contribution in [0.25, 0.3) is 22.3 Å². The predicted octanol–water partition coefficient (Wildman–Crippen LogP) is 8.67. The van der Waals surface area contributed by atoms with Crippen LogP contribution in [0.4, 0.5) is 0 Å². The molecule has 0 bridgehead atoms. The third-order valence-corrected chi connectivity index (χ3v) is 15.3. The highest BCUT2D eigenvalue weighted by Crippen LogP contribution is 2.70. The van der Waals surface area contributed by atoms with Crippen LogP contribution >= 0.6 is 0 Å². The highest BCUT2D eigenvalue weighted by atomic mass is 28.3. The van der Waals surface area contributed by atoms with Crippen LogP contribution in [0.15, 0.2) is 97.1 Å². The van der Waals surface area contributed by atoms with Crippen LogP contribution in [0.1, 0.15) is 22.3 Å². The second kappa shape index (κ2) is 6.93. The number of hydrogen-bond donors (Lipinski definition) is 0. The van der Waals surface area contributed by atoms with Gasteiger partial charge in [0.15, 0.2) is 0 Å². The van der Waals surface area contributed by atoms with E-state index < -0.39 is 16.1 Å². The monoisotopic (exact) mass is 474 g/mol. The first-order valence-electron chi connectivity index (χ1n) is 12.6. The summed E-state index contributed by atoms with van der Waals surface area (Å²) < 4.78 is 0. The molecule has 170 valence electrons. The molecule has 0 fully saturated rings. The van der Waals surface area contributed by atoms with E-state index >= 15 is 0 Å². The van der Waals surface area contributed by atoms with E-state index in [9.17, 15) is 0 Å². The summed E-state index contributed by atoms with van der Waals surface area (Å²) in [6.07, 6.45) is 0. The molecule has 0 saturated heterocycles. The van der Waals surface area contributed by atoms with E-state index in [-0.39, 0.29) is 10.1 Å². The number of benzene rings is 4. The second-order valence-electron chi connectivity index (χ2n) is 12.2. The Morgan fingerprint density at radius 3 is 0.765 bits per heavy atom. The zero-order valence-electron chi connectivity index (χ0n) is 21.2. The molecule has 0 unspecified atom stereocenters. The molecule has 4 aromatic rings. The van der Waals surface area contributed by atoms with Crippen LogP contribution in [0.5, 0.6) is 0 Å². The van der Waals surface area contributed by atoms with Gasteiger partial charge in [-0.05, 0) is 44.5 Å². The molecule has 0 nitrogen and oxygen atoms in total. The molecule has 0 heterocycles. The molecular weight excluding hydrogens is 441 g/mol. The van der Waals surface area contributed by atoms with Crippen molar-refractivity contribution >= 4 is 16.1 Å². The molecule has 6 rings (SSSR count). The summed E-state index contributed by atoms with van der Waals surface area (Å²) in [7, 11) is -3.85.